The number of amides is 1. The Balaban J connectivity index is 1.99. The molecular weight excluding hydrogens is 430 g/mol. The summed E-state index contributed by atoms with van der Waals surface area (Å²) in [5.74, 6) is -0.328. The fraction of sp³-hybridized carbons (Fsp3) is 0.323. The van der Waals surface area contributed by atoms with Gasteiger partial charge in [-0.3, -0.25) is 4.79 Å². The number of primary amides is 1. The maximum atomic E-state index is 13.3. The fourth-order valence-corrected chi connectivity index (χ4v) is 5.62. The maximum Gasteiger partial charge on any atom is 0.251 e. The number of unbranched alkanes of at least 4 members (excludes halogenated alkanes) is 1. The summed E-state index contributed by atoms with van der Waals surface area (Å²) in [4.78, 5) is 15.6. The molecule has 4 aromatic carbocycles. The normalized spacial score (nSPS) is 14.1. The molecule has 0 unspecified atom stereocenters. The van der Waals surface area contributed by atoms with Gasteiger partial charge in [-0.25, -0.2) is 0 Å². The molecule has 4 heteroatoms. The van der Waals surface area contributed by atoms with Crippen LogP contribution in [0.25, 0.3) is 32.7 Å². The number of carbonyl (C=O) groups excluding carboxylic acids is 1. The second-order valence-electron chi connectivity index (χ2n) is 9.77. The van der Waals surface area contributed by atoms with Crippen molar-refractivity contribution >= 4 is 33.1 Å². The first-order chi connectivity index (χ1) is 17.0. The molecule has 3 N–H and O–H groups in total. The third-order valence-electron chi connectivity index (χ3n) is 7.58. The van der Waals surface area contributed by atoms with Crippen molar-refractivity contribution in [2.24, 2.45) is 5.73 Å². The van der Waals surface area contributed by atoms with Crippen LogP contribution in [0.3, 0.4) is 0 Å². The number of nitrogens with one attached hydrogen (secondary N) is 1. The Morgan fingerprint density at radius 2 is 1.66 bits per heavy atom. The number of benzene rings is 4. The second-order valence-corrected chi connectivity index (χ2v) is 9.77. The molecule has 1 saturated heterocycles. The van der Waals surface area contributed by atoms with Crippen LogP contribution in [0.4, 0.5) is 5.69 Å². The third-order valence-corrected chi connectivity index (χ3v) is 7.58. The van der Waals surface area contributed by atoms with Crippen LogP contribution < -0.4 is 16.0 Å². The van der Waals surface area contributed by atoms with E-state index in [1.54, 1.807) is 0 Å². The minimum atomic E-state index is -0.328. The Morgan fingerprint density at radius 3 is 2.31 bits per heavy atom. The molecular formula is C31H35N3O. The van der Waals surface area contributed by atoms with Gasteiger partial charge in [0.15, 0.2) is 0 Å². The first-order valence-electron chi connectivity index (χ1n) is 12.8. The molecule has 1 amide bonds. The smallest absolute Gasteiger partial charge is 0.251 e. The van der Waals surface area contributed by atoms with Crippen LogP contribution in [0.15, 0.2) is 54.6 Å². The molecule has 0 spiro atoms. The van der Waals surface area contributed by atoms with E-state index in [9.17, 15) is 4.79 Å². The Hall–Kier alpha value is -3.37. The standard InChI is InChI=1S/C31H35N3O/c1-4-5-12-25-28(24-13-8-9-20(2)21(24)3)26-18-22-10-6-7-11-23(22)19-27(26)30(29(25)31(32)35)34-16-14-33-15-17-34/h6-11,13,18-19,33H,4-5,12,14-17H2,1-3H3,(H2,32,35). The number of nitrogens with zero attached hydrogens (tertiary/aromatic N) is 1. The zero-order valence-electron chi connectivity index (χ0n) is 21.1. The zero-order chi connectivity index (χ0) is 24.5. The van der Waals surface area contributed by atoms with Crippen molar-refractivity contribution in [1.29, 1.82) is 0 Å². The molecule has 1 aliphatic heterocycles. The monoisotopic (exact) mass is 465 g/mol. The van der Waals surface area contributed by atoms with Gasteiger partial charge in [-0.1, -0.05) is 55.8 Å². The summed E-state index contributed by atoms with van der Waals surface area (Å²) in [5, 5.41) is 8.18. The van der Waals surface area contributed by atoms with E-state index >= 15 is 0 Å². The molecule has 1 fully saturated rings. The summed E-state index contributed by atoms with van der Waals surface area (Å²) in [6, 6.07) is 19.6. The van der Waals surface area contributed by atoms with Crippen LogP contribution >= 0.6 is 0 Å². The van der Waals surface area contributed by atoms with Crippen molar-refractivity contribution in [3.63, 3.8) is 0 Å². The number of hydrogen-bond donors (Lipinski definition) is 2. The number of aryl methyl sites for hydroxylation is 1. The molecule has 35 heavy (non-hydrogen) atoms. The van der Waals surface area contributed by atoms with Crippen LogP contribution in [0, 0.1) is 13.8 Å². The van der Waals surface area contributed by atoms with Crippen molar-refractivity contribution in [1.82, 2.24) is 5.32 Å². The van der Waals surface area contributed by atoms with E-state index in [1.807, 2.05) is 0 Å². The molecule has 0 aliphatic carbocycles. The topological polar surface area (TPSA) is 58.4 Å². The molecule has 0 aromatic heterocycles. The fourth-order valence-electron chi connectivity index (χ4n) is 5.62. The Morgan fingerprint density at radius 1 is 0.971 bits per heavy atom. The van der Waals surface area contributed by atoms with Gasteiger partial charge in [0.05, 0.1) is 11.3 Å². The lowest BCUT2D eigenvalue weighted by Gasteiger charge is -2.34. The molecule has 4 nitrogen and oxygen atoms in total. The number of piperazine rings is 1. The van der Waals surface area contributed by atoms with Gasteiger partial charge in [-0.05, 0) is 82.8 Å². The van der Waals surface area contributed by atoms with E-state index in [4.69, 9.17) is 5.73 Å². The SMILES string of the molecule is CCCCc1c(C(N)=O)c(N2CCNCC2)c2cc3ccccc3cc2c1-c1cccc(C)c1C. The molecule has 0 saturated carbocycles. The predicted molar refractivity (Wildman–Crippen MR) is 149 cm³/mol. The highest BCUT2D eigenvalue weighted by molar-refractivity contribution is 6.18. The van der Waals surface area contributed by atoms with Crippen molar-refractivity contribution in [3.8, 4) is 11.1 Å². The summed E-state index contributed by atoms with van der Waals surface area (Å²) >= 11 is 0. The molecule has 5 rings (SSSR count). The molecule has 0 radical (unpaired) electrons. The number of carbonyl (C=O) groups is 1. The average molecular weight is 466 g/mol. The number of nitrogens with two attached hydrogens (primary N) is 1. The van der Waals surface area contributed by atoms with Gasteiger partial charge in [0.1, 0.15) is 0 Å². The lowest BCUT2D eigenvalue weighted by atomic mass is 9.82. The van der Waals surface area contributed by atoms with Crippen molar-refractivity contribution in [2.75, 3.05) is 31.1 Å². The second kappa shape index (κ2) is 9.71. The van der Waals surface area contributed by atoms with Crippen LogP contribution in [0.1, 0.15) is 46.8 Å². The van der Waals surface area contributed by atoms with Crippen molar-refractivity contribution in [2.45, 2.75) is 40.0 Å². The minimum Gasteiger partial charge on any atom is -0.368 e. The van der Waals surface area contributed by atoms with Gasteiger partial charge in [-0.2, -0.15) is 0 Å². The van der Waals surface area contributed by atoms with Crippen LogP contribution in [0.2, 0.25) is 0 Å². The van der Waals surface area contributed by atoms with E-state index in [1.165, 1.54) is 38.4 Å². The molecule has 0 atom stereocenters. The Bertz CT molecular complexity index is 1420. The highest BCUT2D eigenvalue weighted by Crippen LogP contribution is 2.45. The van der Waals surface area contributed by atoms with Crippen LogP contribution in [-0.2, 0) is 6.42 Å². The van der Waals surface area contributed by atoms with Gasteiger partial charge in [0, 0.05) is 31.6 Å². The molecule has 1 aliphatic rings. The Kier molecular flexibility index (Phi) is 6.48. The zero-order valence-corrected chi connectivity index (χ0v) is 21.1. The summed E-state index contributed by atoms with van der Waals surface area (Å²) < 4.78 is 0. The van der Waals surface area contributed by atoms with Crippen molar-refractivity contribution in [3.05, 3.63) is 76.9 Å². The summed E-state index contributed by atoms with van der Waals surface area (Å²) in [5.41, 5.74) is 13.9. The van der Waals surface area contributed by atoms with E-state index in [0.717, 1.165) is 62.1 Å². The summed E-state index contributed by atoms with van der Waals surface area (Å²) in [7, 11) is 0. The van der Waals surface area contributed by atoms with E-state index in [-0.39, 0.29) is 5.91 Å². The maximum absolute atomic E-state index is 13.3. The number of anilines is 1. The van der Waals surface area contributed by atoms with Gasteiger partial charge < -0.3 is 16.0 Å². The lowest BCUT2D eigenvalue weighted by Crippen LogP contribution is -2.44. The largest absolute Gasteiger partial charge is 0.368 e. The highest BCUT2D eigenvalue weighted by atomic mass is 16.1. The van der Waals surface area contributed by atoms with Crippen LogP contribution in [-0.4, -0.2) is 32.1 Å². The quantitative estimate of drug-likeness (QED) is 0.337. The van der Waals surface area contributed by atoms with E-state index in [2.05, 4.69) is 85.6 Å². The Labute approximate surface area is 208 Å². The van der Waals surface area contributed by atoms with Crippen molar-refractivity contribution < 1.29 is 4.79 Å². The molecule has 180 valence electrons. The number of rotatable bonds is 6. The molecule has 4 aromatic rings. The predicted octanol–water partition coefficient (Wildman–Crippen LogP) is 6.13. The summed E-state index contributed by atoms with van der Waals surface area (Å²) in [6.07, 6.45) is 2.90. The third kappa shape index (κ3) is 4.17. The molecule has 0 bridgehead atoms. The number of fused-ring (bicyclic) bond motifs is 2. The lowest BCUT2D eigenvalue weighted by molar-refractivity contribution is 0.1000. The molecule has 1 heterocycles. The highest BCUT2D eigenvalue weighted by Gasteiger charge is 2.28. The number of hydrogen-bond acceptors (Lipinski definition) is 3. The average Bonchev–Trinajstić information content (AvgIpc) is 2.87. The van der Waals surface area contributed by atoms with Crippen LogP contribution in [0.5, 0.6) is 0 Å². The first-order valence-corrected chi connectivity index (χ1v) is 12.8. The summed E-state index contributed by atoms with van der Waals surface area (Å²) in [6.45, 7) is 10.1. The van der Waals surface area contributed by atoms with Gasteiger partial charge in [-0.15, -0.1) is 0 Å². The van der Waals surface area contributed by atoms with E-state index < -0.39 is 0 Å². The van der Waals surface area contributed by atoms with Gasteiger partial charge >= 0.3 is 0 Å². The van der Waals surface area contributed by atoms with E-state index in [0.29, 0.717) is 5.56 Å². The van der Waals surface area contributed by atoms with Gasteiger partial charge in [0.2, 0.25) is 0 Å². The minimum absolute atomic E-state index is 0.328. The first kappa shape index (κ1) is 23.4. The van der Waals surface area contributed by atoms with Gasteiger partial charge in [0.25, 0.3) is 5.91 Å².